The van der Waals surface area contributed by atoms with E-state index in [1.54, 1.807) is 11.3 Å². The van der Waals surface area contributed by atoms with Gasteiger partial charge >= 0.3 is 0 Å². The summed E-state index contributed by atoms with van der Waals surface area (Å²) in [6, 6.07) is 6.58. The molecule has 2 rings (SSSR count). The van der Waals surface area contributed by atoms with Gasteiger partial charge in [-0.05, 0) is 30.7 Å². The van der Waals surface area contributed by atoms with Crippen molar-refractivity contribution in [1.29, 1.82) is 5.26 Å². The van der Waals surface area contributed by atoms with E-state index in [9.17, 15) is 4.79 Å². The van der Waals surface area contributed by atoms with E-state index >= 15 is 0 Å². The molecule has 3 nitrogen and oxygen atoms in total. The van der Waals surface area contributed by atoms with Crippen molar-refractivity contribution in [3.05, 3.63) is 22.4 Å². The molecule has 0 aromatic carbocycles. The summed E-state index contributed by atoms with van der Waals surface area (Å²) in [6.07, 6.45) is 3.72. The van der Waals surface area contributed by atoms with Gasteiger partial charge in [0, 0.05) is 10.9 Å². The Morgan fingerprint density at radius 2 is 2.44 bits per heavy atom. The van der Waals surface area contributed by atoms with Crippen LogP contribution in [-0.2, 0) is 11.3 Å². The largest absolute Gasteiger partial charge is 0.333 e. The van der Waals surface area contributed by atoms with Gasteiger partial charge in [0.05, 0.1) is 12.6 Å². The highest BCUT2D eigenvalue weighted by molar-refractivity contribution is 7.09. The zero-order chi connectivity index (χ0) is 13.0. The van der Waals surface area contributed by atoms with Crippen LogP contribution < -0.4 is 0 Å². The van der Waals surface area contributed by atoms with E-state index in [2.05, 4.69) is 12.1 Å². The van der Waals surface area contributed by atoms with Crippen LogP contribution in [0.4, 0.5) is 0 Å². The second-order valence-corrected chi connectivity index (χ2v) is 5.78. The molecule has 1 saturated carbocycles. The quantitative estimate of drug-likeness (QED) is 0.790. The Morgan fingerprint density at radius 3 is 2.94 bits per heavy atom. The fourth-order valence-electron chi connectivity index (χ4n) is 2.08. The predicted molar refractivity (Wildman–Crippen MR) is 71.9 cm³/mol. The maximum absolute atomic E-state index is 12.4. The van der Waals surface area contributed by atoms with Gasteiger partial charge in [-0.3, -0.25) is 4.79 Å². The third-order valence-electron chi connectivity index (χ3n) is 3.21. The van der Waals surface area contributed by atoms with Crippen molar-refractivity contribution in [2.45, 2.75) is 45.2 Å². The monoisotopic (exact) mass is 262 g/mol. The number of nitriles is 1. The third-order valence-corrected chi connectivity index (χ3v) is 4.07. The van der Waals surface area contributed by atoms with Gasteiger partial charge in [-0.1, -0.05) is 19.4 Å². The molecule has 0 radical (unpaired) electrons. The van der Waals surface area contributed by atoms with Crippen LogP contribution in [-0.4, -0.2) is 16.8 Å². The van der Waals surface area contributed by atoms with E-state index in [1.165, 1.54) is 4.88 Å². The second kappa shape index (κ2) is 6.01. The Labute approximate surface area is 112 Å². The molecule has 1 heterocycles. The number of amides is 1. The summed E-state index contributed by atoms with van der Waals surface area (Å²) in [5, 5.41) is 11.1. The van der Waals surface area contributed by atoms with E-state index < -0.39 is 5.92 Å². The molecule has 0 aliphatic heterocycles. The molecule has 0 spiro atoms. The average Bonchev–Trinajstić information content (AvgIpc) is 3.09. The van der Waals surface area contributed by atoms with E-state index in [4.69, 9.17) is 5.26 Å². The molecule has 1 aromatic rings. The van der Waals surface area contributed by atoms with Crippen molar-refractivity contribution in [3.63, 3.8) is 0 Å². The molecule has 1 fully saturated rings. The topological polar surface area (TPSA) is 44.1 Å². The van der Waals surface area contributed by atoms with Crippen molar-refractivity contribution in [3.8, 4) is 6.07 Å². The first-order valence-electron chi connectivity index (χ1n) is 6.48. The molecule has 1 aliphatic rings. The van der Waals surface area contributed by atoms with Crippen LogP contribution in [0.1, 0.15) is 37.5 Å². The normalized spacial score (nSPS) is 16.0. The van der Waals surface area contributed by atoms with Crippen LogP contribution in [0, 0.1) is 17.2 Å². The lowest BCUT2D eigenvalue weighted by atomic mass is 10.0. The number of carbonyl (C=O) groups excluding carboxylic acids is 1. The first-order chi connectivity index (χ1) is 8.76. The predicted octanol–water partition coefficient (Wildman–Crippen LogP) is 3.18. The van der Waals surface area contributed by atoms with Gasteiger partial charge in [0.1, 0.15) is 5.92 Å². The smallest absolute Gasteiger partial charge is 0.240 e. The Kier molecular flexibility index (Phi) is 4.38. The van der Waals surface area contributed by atoms with Crippen molar-refractivity contribution >= 4 is 17.2 Å². The lowest BCUT2D eigenvalue weighted by Gasteiger charge is -2.24. The summed E-state index contributed by atoms with van der Waals surface area (Å²) < 4.78 is 0. The van der Waals surface area contributed by atoms with Gasteiger partial charge in [0.25, 0.3) is 0 Å². The molecule has 1 atom stereocenters. The molecule has 18 heavy (non-hydrogen) atoms. The molecule has 1 unspecified atom stereocenters. The van der Waals surface area contributed by atoms with E-state index in [0.717, 1.165) is 19.3 Å². The molecule has 0 saturated heterocycles. The fourth-order valence-corrected chi connectivity index (χ4v) is 2.78. The van der Waals surface area contributed by atoms with Crippen molar-refractivity contribution in [1.82, 2.24) is 4.90 Å². The van der Waals surface area contributed by atoms with Crippen molar-refractivity contribution in [2.24, 2.45) is 5.92 Å². The number of hydrogen-bond donors (Lipinski definition) is 0. The molecule has 4 heteroatoms. The van der Waals surface area contributed by atoms with Crippen LogP contribution in [0.3, 0.4) is 0 Å². The summed E-state index contributed by atoms with van der Waals surface area (Å²) in [7, 11) is 0. The van der Waals surface area contributed by atoms with Crippen LogP contribution in [0.15, 0.2) is 17.5 Å². The Balaban J connectivity index is 2.05. The van der Waals surface area contributed by atoms with Gasteiger partial charge in [0.2, 0.25) is 5.91 Å². The number of nitrogens with zero attached hydrogens (tertiary/aromatic N) is 2. The molecule has 1 amide bonds. The average molecular weight is 262 g/mol. The first kappa shape index (κ1) is 13.1. The zero-order valence-electron chi connectivity index (χ0n) is 10.6. The molecular formula is C14H18N2OS. The fraction of sp³-hybridized carbons (Fsp3) is 0.571. The maximum Gasteiger partial charge on any atom is 0.240 e. The highest BCUT2D eigenvalue weighted by Gasteiger charge is 2.35. The minimum absolute atomic E-state index is 0.0234. The number of thiophene rings is 1. The number of hydrogen-bond acceptors (Lipinski definition) is 3. The van der Waals surface area contributed by atoms with Gasteiger partial charge in [0.15, 0.2) is 0 Å². The van der Waals surface area contributed by atoms with Gasteiger partial charge in [-0.2, -0.15) is 5.26 Å². The molecule has 1 aromatic heterocycles. The maximum atomic E-state index is 12.4. The number of rotatable bonds is 6. The SMILES string of the molecule is CCCC(C#N)C(=O)N(Cc1cccs1)C1CC1. The Morgan fingerprint density at radius 1 is 1.67 bits per heavy atom. The first-order valence-corrected chi connectivity index (χ1v) is 7.36. The second-order valence-electron chi connectivity index (χ2n) is 4.75. The van der Waals surface area contributed by atoms with Gasteiger partial charge in [-0.15, -0.1) is 11.3 Å². The highest BCUT2D eigenvalue weighted by Crippen LogP contribution is 2.31. The van der Waals surface area contributed by atoms with Gasteiger partial charge < -0.3 is 4.90 Å². The molecular weight excluding hydrogens is 244 g/mol. The summed E-state index contributed by atoms with van der Waals surface area (Å²) in [5.74, 6) is -0.439. The third kappa shape index (κ3) is 3.11. The molecule has 1 aliphatic carbocycles. The van der Waals surface area contributed by atoms with E-state index in [0.29, 0.717) is 19.0 Å². The summed E-state index contributed by atoms with van der Waals surface area (Å²) in [4.78, 5) is 15.5. The van der Waals surface area contributed by atoms with Crippen LogP contribution in [0.2, 0.25) is 0 Å². The Bertz CT molecular complexity index is 431. The zero-order valence-corrected chi connectivity index (χ0v) is 11.4. The minimum Gasteiger partial charge on any atom is -0.333 e. The van der Waals surface area contributed by atoms with Crippen LogP contribution in [0.5, 0.6) is 0 Å². The van der Waals surface area contributed by atoms with E-state index in [1.807, 2.05) is 23.3 Å². The highest BCUT2D eigenvalue weighted by atomic mass is 32.1. The summed E-state index contributed by atoms with van der Waals surface area (Å²) in [5.41, 5.74) is 0. The lowest BCUT2D eigenvalue weighted by molar-refractivity contribution is -0.135. The molecule has 96 valence electrons. The summed E-state index contributed by atoms with van der Waals surface area (Å²) in [6.45, 7) is 2.68. The number of carbonyl (C=O) groups is 1. The van der Waals surface area contributed by atoms with Gasteiger partial charge in [-0.25, -0.2) is 0 Å². The minimum atomic E-state index is -0.462. The standard InChI is InChI=1S/C14H18N2OS/c1-2-4-11(9-15)14(17)16(12-6-7-12)10-13-5-3-8-18-13/h3,5,8,11-12H,2,4,6-7,10H2,1H3. The summed E-state index contributed by atoms with van der Waals surface area (Å²) >= 11 is 1.67. The van der Waals surface area contributed by atoms with Crippen LogP contribution >= 0.6 is 11.3 Å². The van der Waals surface area contributed by atoms with Crippen LogP contribution in [0.25, 0.3) is 0 Å². The van der Waals surface area contributed by atoms with E-state index in [-0.39, 0.29) is 5.91 Å². The molecule has 0 N–H and O–H groups in total. The molecule has 0 bridgehead atoms. The van der Waals surface area contributed by atoms with Crippen molar-refractivity contribution in [2.75, 3.05) is 0 Å². The lowest BCUT2D eigenvalue weighted by Crippen LogP contribution is -2.36. The Hall–Kier alpha value is -1.34. The van der Waals surface area contributed by atoms with Crippen molar-refractivity contribution < 1.29 is 4.79 Å².